The average Bonchev–Trinajstić information content (AvgIpc) is 2.42. The second-order valence-corrected chi connectivity index (χ2v) is 4.93. The van der Waals surface area contributed by atoms with Crippen molar-refractivity contribution in [2.75, 3.05) is 0 Å². The van der Waals surface area contributed by atoms with Gasteiger partial charge in [-0.1, -0.05) is 49.7 Å². The van der Waals surface area contributed by atoms with Crippen LogP contribution in [0, 0.1) is 5.82 Å². The number of aryl methyl sites for hydroxylation is 1. The Morgan fingerprint density at radius 1 is 1.05 bits per heavy atom. The lowest BCUT2D eigenvalue weighted by atomic mass is 9.97. The van der Waals surface area contributed by atoms with Gasteiger partial charge < -0.3 is 5.73 Å². The highest BCUT2D eigenvalue weighted by atomic mass is 19.1. The van der Waals surface area contributed by atoms with Crippen molar-refractivity contribution in [3.8, 4) is 0 Å². The molecule has 1 unspecified atom stereocenters. The molecule has 2 heteroatoms. The highest BCUT2D eigenvalue weighted by Crippen LogP contribution is 2.18. The first-order valence-electron chi connectivity index (χ1n) is 6.78. The summed E-state index contributed by atoms with van der Waals surface area (Å²) < 4.78 is 12.9. The quantitative estimate of drug-likeness (QED) is 0.860. The van der Waals surface area contributed by atoms with Gasteiger partial charge in [-0.2, -0.15) is 0 Å². The molecule has 0 spiro atoms. The first-order chi connectivity index (χ1) is 9.19. The van der Waals surface area contributed by atoms with Crippen LogP contribution in [0.25, 0.3) is 0 Å². The molecular formula is C17H20FN. The summed E-state index contributed by atoms with van der Waals surface area (Å²) in [5.74, 6) is -0.206. The molecule has 0 aliphatic rings. The zero-order chi connectivity index (χ0) is 13.7. The summed E-state index contributed by atoms with van der Waals surface area (Å²) in [4.78, 5) is 0. The molecule has 0 aliphatic carbocycles. The van der Waals surface area contributed by atoms with Gasteiger partial charge in [-0.25, -0.2) is 4.39 Å². The van der Waals surface area contributed by atoms with E-state index in [-0.39, 0.29) is 11.9 Å². The van der Waals surface area contributed by atoms with Crippen LogP contribution in [0.1, 0.15) is 36.1 Å². The van der Waals surface area contributed by atoms with E-state index in [1.54, 1.807) is 12.1 Å². The van der Waals surface area contributed by atoms with Crippen LogP contribution in [0.2, 0.25) is 0 Å². The normalized spacial score (nSPS) is 12.4. The zero-order valence-electron chi connectivity index (χ0n) is 11.3. The van der Waals surface area contributed by atoms with Gasteiger partial charge in [0, 0.05) is 6.04 Å². The maximum absolute atomic E-state index is 12.9. The molecule has 2 aromatic rings. The van der Waals surface area contributed by atoms with Crippen LogP contribution < -0.4 is 5.73 Å². The largest absolute Gasteiger partial charge is 0.324 e. The van der Waals surface area contributed by atoms with Gasteiger partial charge in [0.25, 0.3) is 0 Å². The SMILES string of the molecule is CCCc1cccc(C(N)Cc2ccc(F)cc2)c1. The standard InChI is InChI=1S/C17H20FN/c1-2-4-13-5-3-6-15(11-13)17(19)12-14-7-9-16(18)10-8-14/h3,5-11,17H,2,4,12,19H2,1H3. The van der Waals surface area contributed by atoms with Gasteiger partial charge in [0.1, 0.15) is 5.82 Å². The predicted octanol–water partition coefficient (Wildman–Crippen LogP) is 4.02. The van der Waals surface area contributed by atoms with E-state index < -0.39 is 0 Å². The maximum atomic E-state index is 12.9. The molecule has 2 rings (SSSR count). The van der Waals surface area contributed by atoms with Gasteiger partial charge in [0.05, 0.1) is 0 Å². The van der Waals surface area contributed by atoms with Crippen LogP contribution in [0.15, 0.2) is 48.5 Å². The molecule has 0 heterocycles. The molecule has 1 nitrogen and oxygen atoms in total. The van der Waals surface area contributed by atoms with E-state index in [1.165, 1.54) is 17.7 Å². The third-order valence-corrected chi connectivity index (χ3v) is 3.29. The summed E-state index contributed by atoms with van der Waals surface area (Å²) in [7, 11) is 0. The fourth-order valence-electron chi connectivity index (χ4n) is 2.26. The Morgan fingerprint density at radius 3 is 2.47 bits per heavy atom. The van der Waals surface area contributed by atoms with Gasteiger partial charge in [-0.05, 0) is 41.7 Å². The predicted molar refractivity (Wildman–Crippen MR) is 77.5 cm³/mol. The Morgan fingerprint density at radius 2 is 1.79 bits per heavy atom. The van der Waals surface area contributed by atoms with Crippen molar-refractivity contribution in [1.82, 2.24) is 0 Å². The molecule has 19 heavy (non-hydrogen) atoms. The molecule has 100 valence electrons. The molecule has 2 N–H and O–H groups in total. The van der Waals surface area contributed by atoms with E-state index in [4.69, 9.17) is 5.73 Å². The molecule has 0 aliphatic heterocycles. The molecule has 0 radical (unpaired) electrons. The molecule has 0 amide bonds. The first-order valence-corrected chi connectivity index (χ1v) is 6.78. The van der Waals surface area contributed by atoms with Crippen molar-refractivity contribution in [2.45, 2.75) is 32.2 Å². The number of hydrogen-bond acceptors (Lipinski definition) is 1. The highest BCUT2D eigenvalue weighted by Gasteiger charge is 2.07. The van der Waals surface area contributed by atoms with Crippen molar-refractivity contribution in [3.05, 3.63) is 71.0 Å². The third-order valence-electron chi connectivity index (χ3n) is 3.29. The summed E-state index contributed by atoms with van der Waals surface area (Å²) in [5, 5.41) is 0. The van der Waals surface area contributed by atoms with Crippen LogP contribution in [0.4, 0.5) is 4.39 Å². The number of hydrogen-bond donors (Lipinski definition) is 1. The second kappa shape index (κ2) is 6.48. The summed E-state index contributed by atoms with van der Waals surface area (Å²) in [6, 6.07) is 15.0. The number of benzene rings is 2. The Hall–Kier alpha value is -1.67. The fraction of sp³-hybridized carbons (Fsp3) is 0.294. The lowest BCUT2D eigenvalue weighted by Gasteiger charge is -2.13. The molecule has 1 atom stereocenters. The Kier molecular flexibility index (Phi) is 4.69. The van der Waals surface area contributed by atoms with Crippen molar-refractivity contribution < 1.29 is 4.39 Å². The van der Waals surface area contributed by atoms with E-state index in [9.17, 15) is 4.39 Å². The summed E-state index contributed by atoms with van der Waals surface area (Å²) >= 11 is 0. The first kappa shape index (κ1) is 13.8. The van der Waals surface area contributed by atoms with Crippen molar-refractivity contribution >= 4 is 0 Å². The molecule has 0 aromatic heterocycles. The minimum absolute atomic E-state index is 0.0396. The van der Waals surface area contributed by atoms with E-state index in [0.29, 0.717) is 0 Å². The van der Waals surface area contributed by atoms with Crippen LogP contribution in [-0.4, -0.2) is 0 Å². The van der Waals surface area contributed by atoms with Crippen LogP contribution >= 0.6 is 0 Å². The fourth-order valence-corrected chi connectivity index (χ4v) is 2.26. The molecule has 2 aromatic carbocycles. The maximum Gasteiger partial charge on any atom is 0.123 e. The van der Waals surface area contributed by atoms with Crippen LogP contribution in [0.5, 0.6) is 0 Å². The monoisotopic (exact) mass is 257 g/mol. The topological polar surface area (TPSA) is 26.0 Å². The van der Waals surface area contributed by atoms with E-state index in [0.717, 1.165) is 30.4 Å². The van der Waals surface area contributed by atoms with Gasteiger partial charge in [-0.15, -0.1) is 0 Å². The smallest absolute Gasteiger partial charge is 0.123 e. The van der Waals surface area contributed by atoms with Gasteiger partial charge in [0.15, 0.2) is 0 Å². The number of rotatable bonds is 5. The van der Waals surface area contributed by atoms with Crippen LogP contribution in [-0.2, 0) is 12.8 Å². The molecule has 0 bridgehead atoms. The van der Waals surface area contributed by atoms with E-state index >= 15 is 0 Å². The van der Waals surface area contributed by atoms with Crippen molar-refractivity contribution in [3.63, 3.8) is 0 Å². The molecule has 0 saturated heterocycles. The van der Waals surface area contributed by atoms with E-state index in [2.05, 4.69) is 31.2 Å². The van der Waals surface area contributed by atoms with Gasteiger partial charge in [0.2, 0.25) is 0 Å². The van der Waals surface area contributed by atoms with E-state index in [1.807, 2.05) is 0 Å². The van der Waals surface area contributed by atoms with Gasteiger partial charge >= 0.3 is 0 Å². The molecule has 0 fully saturated rings. The van der Waals surface area contributed by atoms with Crippen molar-refractivity contribution in [1.29, 1.82) is 0 Å². The van der Waals surface area contributed by atoms with Gasteiger partial charge in [-0.3, -0.25) is 0 Å². The van der Waals surface area contributed by atoms with Crippen LogP contribution in [0.3, 0.4) is 0 Å². The Bertz CT molecular complexity index is 519. The summed E-state index contributed by atoms with van der Waals surface area (Å²) in [5.41, 5.74) is 9.78. The van der Waals surface area contributed by atoms with Crippen molar-refractivity contribution in [2.24, 2.45) is 5.73 Å². The minimum Gasteiger partial charge on any atom is -0.324 e. The summed E-state index contributed by atoms with van der Waals surface area (Å²) in [6.07, 6.45) is 2.95. The summed E-state index contributed by atoms with van der Waals surface area (Å²) in [6.45, 7) is 2.17. The molecular weight excluding hydrogens is 237 g/mol. The Balaban J connectivity index is 2.08. The highest BCUT2D eigenvalue weighted by molar-refractivity contribution is 5.28. The Labute approximate surface area is 114 Å². The third kappa shape index (κ3) is 3.90. The number of halogens is 1. The lowest BCUT2D eigenvalue weighted by molar-refractivity contribution is 0.625. The lowest BCUT2D eigenvalue weighted by Crippen LogP contribution is -2.13. The second-order valence-electron chi connectivity index (χ2n) is 4.93. The average molecular weight is 257 g/mol. The zero-order valence-corrected chi connectivity index (χ0v) is 11.3. The molecule has 0 saturated carbocycles. The minimum atomic E-state index is -0.206. The number of nitrogens with two attached hydrogens (primary N) is 1.